The maximum atomic E-state index is 13.9. The van der Waals surface area contributed by atoms with E-state index < -0.39 is 35.3 Å². The van der Waals surface area contributed by atoms with Crippen molar-refractivity contribution in [2.24, 2.45) is 11.7 Å². The highest BCUT2D eigenvalue weighted by Gasteiger charge is 2.39. The van der Waals surface area contributed by atoms with Crippen LogP contribution in [-0.4, -0.2) is 11.2 Å². The Labute approximate surface area is 121 Å². The standard InChI is InChI=1S/C15H19F4NO/c16-11-8-4-7-10(15(17,18)19)12(11)13(20)14(21)9-5-2-1-3-6-9/h4,7-9,13-14,21H,1-3,5-6,20H2/t13-,14+/m0/s1. The lowest BCUT2D eigenvalue weighted by molar-refractivity contribution is -0.139. The lowest BCUT2D eigenvalue weighted by atomic mass is 9.80. The smallest absolute Gasteiger partial charge is 0.391 e. The minimum atomic E-state index is -4.69. The van der Waals surface area contributed by atoms with Crippen molar-refractivity contribution in [3.8, 4) is 0 Å². The molecule has 0 spiro atoms. The average Bonchev–Trinajstić information content (AvgIpc) is 2.45. The van der Waals surface area contributed by atoms with Crippen LogP contribution in [0.4, 0.5) is 17.6 Å². The summed E-state index contributed by atoms with van der Waals surface area (Å²) in [5, 5.41) is 10.3. The highest BCUT2D eigenvalue weighted by Crippen LogP contribution is 2.38. The van der Waals surface area contributed by atoms with Crippen molar-refractivity contribution in [3.05, 3.63) is 35.1 Å². The van der Waals surface area contributed by atoms with E-state index in [0.717, 1.165) is 37.5 Å². The summed E-state index contributed by atoms with van der Waals surface area (Å²) in [6.07, 6.45) is -1.55. The third-order valence-electron chi connectivity index (χ3n) is 4.19. The predicted octanol–water partition coefficient (Wildman–Crippen LogP) is 3.79. The van der Waals surface area contributed by atoms with Gasteiger partial charge in [0, 0.05) is 5.56 Å². The number of hydrogen-bond donors (Lipinski definition) is 2. The van der Waals surface area contributed by atoms with E-state index in [9.17, 15) is 22.7 Å². The molecule has 0 bridgehead atoms. The molecule has 1 aliphatic carbocycles. The van der Waals surface area contributed by atoms with Gasteiger partial charge in [-0.15, -0.1) is 0 Å². The van der Waals surface area contributed by atoms with Gasteiger partial charge in [0.05, 0.1) is 17.7 Å². The molecule has 0 aromatic heterocycles. The number of hydrogen-bond acceptors (Lipinski definition) is 2. The minimum Gasteiger partial charge on any atom is -0.391 e. The van der Waals surface area contributed by atoms with Crippen molar-refractivity contribution in [3.63, 3.8) is 0 Å². The largest absolute Gasteiger partial charge is 0.416 e. The second kappa shape index (κ2) is 6.32. The number of nitrogens with two attached hydrogens (primary N) is 1. The van der Waals surface area contributed by atoms with Crippen molar-refractivity contribution in [1.29, 1.82) is 0 Å². The van der Waals surface area contributed by atoms with E-state index in [0.29, 0.717) is 12.8 Å². The van der Waals surface area contributed by atoms with E-state index in [4.69, 9.17) is 5.73 Å². The van der Waals surface area contributed by atoms with Crippen LogP contribution in [0.5, 0.6) is 0 Å². The summed E-state index contributed by atoms with van der Waals surface area (Å²) in [4.78, 5) is 0. The van der Waals surface area contributed by atoms with Crippen molar-refractivity contribution in [2.45, 2.75) is 50.4 Å². The molecule has 1 aromatic carbocycles. The number of alkyl halides is 3. The second-order valence-electron chi connectivity index (χ2n) is 5.61. The van der Waals surface area contributed by atoms with Crippen LogP contribution in [0.3, 0.4) is 0 Å². The molecule has 2 nitrogen and oxygen atoms in total. The normalized spacial score (nSPS) is 20.3. The first-order valence-corrected chi connectivity index (χ1v) is 7.11. The summed E-state index contributed by atoms with van der Waals surface area (Å²) in [5.74, 6) is -1.19. The maximum absolute atomic E-state index is 13.9. The second-order valence-corrected chi connectivity index (χ2v) is 5.61. The highest BCUT2D eigenvalue weighted by atomic mass is 19.4. The summed E-state index contributed by atoms with van der Waals surface area (Å²) in [5.41, 5.74) is 4.04. The molecular formula is C15H19F4NO. The number of benzene rings is 1. The number of aliphatic hydroxyl groups excluding tert-OH is 1. The van der Waals surface area contributed by atoms with E-state index in [1.807, 2.05) is 0 Å². The molecule has 1 fully saturated rings. The Bertz CT molecular complexity index is 483. The Morgan fingerprint density at radius 1 is 1.14 bits per heavy atom. The zero-order valence-corrected chi connectivity index (χ0v) is 11.5. The fourth-order valence-electron chi connectivity index (χ4n) is 3.06. The molecule has 1 aliphatic rings. The predicted molar refractivity (Wildman–Crippen MR) is 70.9 cm³/mol. The number of halogens is 4. The summed E-state index contributed by atoms with van der Waals surface area (Å²) < 4.78 is 52.8. The fourth-order valence-corrected chi connectivity index (χ4v) is 3.06. The molecule has 0 aliphatic heterocycles. The molecule has 2 rings (SSSR count). The van der Waals surface area contributed by atoms with Gasteiger partial charge in [-0.3, -0.25) is 0 Å². The van der Waals surface area contributed by atoms with Gasteiger partial charge in [-0.25, -0.2) is 4.39 Å². The summed E-state index contributed by atoms with van der Waals surface area (Å²) >= 11 is 0. The Hall–Kier alpha value is -1.14. The lowest BCUT2D eigenvalue weighted by Gasteiger charge is -2.31. The third-order valence-corrected chi connectivity index (χ3v) is 4.19. The molecule has 21 heavy (non-hydrogen) atoms. The molecular weight excluding hydrogens is 286 g/mol. The van der Waals surface area contributed by atoms with E-state index in [1.54, 1.807) is 0 Å². The van der Waals surface area contributed by atoms with Gasteiger partial charge in [0.2, 0.25) is 0 Å². The van der Waals surface area contributed by atoms with Crippen LogP contribution in [0.1, 0.15) is 49.3 Å². The van der Waals surface area contributed by atoms with Crippen molar-refractivity contribution >= 4 is 0 Å². The van der Waals surface area contributed by atoms with Crippen LogP contribution >= 0.6 is 0 Å². The first-order chi connectivity index (χ1) is 9.82. The van der Waals surface area contributed by atoms with E-state index >= 15 is 0 Å². The van der Waals surface area contributed by atoms with Crippen LogP contribution in [0, 0.1) is 11.7 Å². The SMILES string of the molecule is N[C@@H](c1c(F)cccc1C(F)(F)F)[C@H](O)C1CCCCC1. The van der Waals surface area contributed by atoms with E-state index in [-0.39, 0.29) is 5.92 Å². The van der Waals surface area contributed by atoms with Crippen LogP contribution in [-0.2, 0) is 6.18 Å². The maximum Gasteiger partial charge on any atom is 0.416 e. The van der Waals surface area contributed by atoms with Gasteiger partial charge in [0.25, 0.3) is 0 Å². The van der Waals surface area contributed by atoms with Crippen molar-refractivity contribution in [1.82, 2.24) is 0 Å². The molecule has 0 saturated heterocycles. The number of aliphatic hydroxyl groups is 1. The number of rotatable bonds is 3. The van der Waals surface area contributed by atoms with Gasteiger partial charge in [-0.1, -0.05) is 25.3 Å². The average molecular weight is 305 g/mol. The Morgan fingerprint density at radius 3 is 2.33 bits per heavy atom. The summed E-state index contributed by atoms with van der Waals surface area (Å²) in [7, 11) is 0. The Balaban J connectivity index is 2.31. The van der Waals surface area contributed by atoms with Gasteiger partial charge in [0.1, 0.15) is 5.82 Å². The van der Waals surface area contributed by atoms with Crippen LogP contribution < -0.4 is 5.73 Å². The van der Waals surface area contributed by atoms with Crippen LogP contribution in [0.2, 0.25) is 0 Å². The van der Waals surface area contributed by atoms with Gasteiger partial charge in [0.15, 0.2) is 0 Å². The van der Waals surface area contributed by atoms with E-state index in [2.05, 4.69) is 0 Å². The molecule has 1 aromatic rings. The summed E-state index contributed by atoms with van der Waals surface area (Å²) in [6, 6.07) is 1.37. The topological polar surface area (TPSA) is 46.2 Å². The molecule has 0 amide bonds. The quantitative estimate of drug-likeness (QED) is 0.835. The lowest BCUT2D eigenvalue weighted by Crippen LogP contribution is -2.36. The first kappa shape index (κ1) is 16.2. The van der Waals surface area contributed by atoms with Gasteiger partial charge in [-0.05, 0) is 30.9 Å². The molecule has 0 radical (unpaired) electrons. The minimum absolute atomic E-state index is 0.172. The van der Waals surface area contributed by atoms with E-state index in [1.165, 1.54) is 0 Å². The zero-order chi connectivity index (χ0) is 15.6. The van der Waals surface area contributed by atoms with Crippen LogP contribution in [0.15, 0.2) is 18.2 Å². The molecule has 118 valence electrons. The van der Waals surface area contributed by atoms with Crippen molar-refractivity contribution in [2.75, 3.05) is 0 Å². The molecule has 3 N–H and O–H groups in total. The third kappa shape index (κ3) is 3.55. The van der Waals surface area contributed by atoms with Gasteiger partial charge in [-0.2, -0.15) is 13.2 Å². The Morgan fingerprint density at radius 2 is 1.76 bits per heavy atom. The van der Waals surface area contributed by atoms with Gasteiger partial charge >= 0.3 is 6.18 Å². The fraction of sp³-hybridized carbons (Fsp3) is 0.600. The highest BCUT2D eigenvalue weighted by molar-refractivity contribution is 5.34. The molecule has 0 unspecified atom stereocenters. The molecule has 0 heterocycles. The molecule has 2 atom stereocenters. The molecule has 1 saturated carbocycles. The monoisotopic (exact) mass is 305 g/mol. The first-order valence-electron chi connectivity index (χ1n) is 7.11. The zero-order valence-electron chi connectivity index (χ0n) is 11.5. The van der Waals surface area contributed by atoms with Crippen LogP contribution in [0.25, 0.3) is 0 Å². The van der Waals surface area contributed by atoms with Gasteiger partial charge < -0.3 is 10.8 Å². The Kier molecular flexibility index (Phi) is 4.88. The van der Waals surface area contributed by atoms with Crippen molar-refractivity contribution < 1.29 is 22.7 Å². The summed E-state index contributed by atoms with van der Waals surface area (Å²) in [6.45, 7) is 0. The molecule has 6 heteroatoms.